The lowest BCUT2D eigenvalue weighted by Crippen LogP contribution is -2.60. The van der Waals surface area contributed by atoms with E-state index in [9.17, 15) is 27.6 Å². The van der Waals surface area contributed by atoms with E-state index in [1.807, 2.05) is 29.7 Å². The number of nitrogens with zero attached hydrogens (tertiary/aromatic N) is 5. The van der Waals surface area contributed by atoms with E-state index in [4.69, 9.17) is 19.7 Å². The van der Waals surface area contributed by atoms with Gasteiger partial charge in [0.25, 0.3) is 5.91 Å². The number of likely N-dealkylation sites (tertiary alicyclic amines) is 1. The number of benzene rings is 1. The molecule has 0 bridgehead atoms. The number of carbonyl (C=O) groups is 4. The number of thiazole rings is 1. The summed E-state index contributed by atoms with van der Waals surface area (Å²) in [6, 6.07) is 4.40. The first-order valence-electron chi connectivity index (χ1n) is 18.6. The molecule has 3 aliphatic carbocycles. The molecular weight excluding hydrogens is 761 g/mol. The third-order valence-corrected chi connectivity index (χ3v) is 13.3. The van der Waals surface area contributed by atoms with Crippen molar-refractivity contribution in [2.75, 3.05) is 13.7 Å². The molecule has 7 rings (SSSR count). The predicted octanol–water partition coefficient (Wildman–Crippen LogP) is 3.75. The maximum Gasteiger partial charge on any atom is 0.408 e. The zero-order valence-electron chi connectivity index (χ0n) is 31.6. The van der Waals surface area contributed by atoms with Crippen molar-refractivity contribution in [3.05, 3.63) is 60.6 Å². The summed E-state index contributed by atoms with van der Waals surface area (Å²) in [4.78, 5) is 63.3. The van der Waals surface area contributed by atoms with E-state index in [1.54, 1.807) is 46.2 Å². The average Bonchev–Trinajstić information content (AvgIpc) is 3.74. The Hall–Kier alpha value is -5.10. The number of carbonyl (C=O) groups excluding carboxylic acids is 4. The summed E-state index contributed by atoms with van der Waals surface area (Å²) in [7, 11) is -2.34. The average molecular weight is 807 g/mol. The molecule has 56 heavy (non-hydrogen) atoms. The fourth-order valence-electron chi connectivity index (χ4n) is 7.21. The Morgan fingerprint density at radius 3 is 2.36 bits per heavy atom. The third kappa shape index (κ3) is 7.94. The Labute approximate surface area is 329 Å². The van der Waals surface area contributed by atoms with Crippen LogP contribution < -0.4 is 20.1 Å². The number of ether oxygens (including phenoxy) is 2. The molecule has 2 saturated carbocycles. The molecule has 18 heteroatoms. The fraction of sp³-hybridized carbons (Fsp3) is 0.500. The van der Waals surface area contributed by atoms with Gasteiger partial charge in [0.15, 0.2) is 0 Å². The van der Waals surface area contributed by atoms with Crippen LogP contribution in [0.5, 0.6) is 5.75 Å². The van der Waals surface area contributed by atoms with Crippen molar-refractivity contribution >= 4 is 45.2 Å². The van der Waals surface area contributed by atoms with E-state index in [-0.39, 0.29) is 25.5 Å². The molecule has 3 aromatic rings. The highest BCUT2D eigenvalue weighted by Gasteiger charge is 2.62. The Balaban J connectivity index is 1.21. The van der Waals surface area contributed by atoms with Crippen LogP contribution in [-0.4, -0.2) is 99.7 Å². The van der Waals surface area contributed by atoms with Crippen molar-refractivity contribution in [3.63, 3.8) is 0 Å². The molecule has 2 aromatic heterocycles. The van der Waals surface area contributed by atoms with E-state index in [2.05, 4.69) is 26.9 Å². The first-order chi connectivity index (χ1) is 26.6. The van der Waals surface area contributed by atoms with Crippen LogP contribution in [0.15, 0.2) is 60.6 Å². The van der Waals surface area contributed by atoms with E-state index in [0.717, 1.165) is 5.56 Å². The molecule has 5 atom stereocenters. The molecule has 4 aliphatic rings. The molecule has 0 radical (unpaired) electrons. The van der Waals surface area contributed by atoms with Gasteiger partial charge in [0.2, 0.25) is 21.8 Å². The number of nitrogens with one attached hydrogen (secondary N) is 3. The monoisotopic (exact) mass is 806 g/mol. The van der Waals surface area contributed by atoms with Crippen LogP contribution in [0.1, 0.15) is 65.3 Å². The molecule has 4 amide bonds. The van der Waals surface area contributed by atoms with Crippen molar-refractivity contribution in [1.82, 2.24) is 40.2 Å². The highest BCUT2D eigenvalue weighted by molar-refractivity contribution is 7.91. The van der Waals surface area contributed by atoms with Gasteiger partial charge in [-0.1, -0.05) is 39.0 Å². The highest BCUT2D eigenvalue weighted by Crippen LogP contribution is 2.46. The lowest BCUT2D eigenvalue weighted by atomic mass is 9.85. The zero-order valence-corrected chi connectivity index (χ0v) is 33.3. The molecule has 3 fully saturated rings. The SMILES string of the molecule is C=C[C@@H]1C[C@@]1(NC(=O)[C@@H]1C[C@@H](n2nc(-c3ccc(OC)cc3)c(-c3nccs3)n2)CN1C(=O)[C@H](NC(=O)OC1CC=CC1)C(C)(C)C)C(=O)NS(=O)(=O)C1CC1. The minimum atomic E-state index is -3.92. The van der Waals surface area contributed by atoms with Gasteiger partial charge in [-0.3, -0.25) is 19.1 Å². The van der Waals surface area contributed by atoms with Crippen molar-refractivity contribution in [3.8, 4) is 27.7 Å². The number of sulfonamides is 1. The Morgan fingerprint density at radius 2 is 1.77 bits per heavy atom. The second-order valence-electron chi connectivity index (χ2n) is 15.8. The predicted molar refractivity (Wildman–Crippen MR) is 207 cm³/mol. The summed E-state index contributed by atoms with van der Waals surface area (Å²) < 4.78 is 38.7. The lowest BCUT2D eigenvalue weighted by Gasteiger charge is -2.35. The summed E-state index contributed by atoms with van der Waals surface area (Å²) in [5, 5.41) is 17.1. The second kappa shape index (κ2) is 15.1. The molecule has 1 aromatic carbocycles. The quantitative estimate of drug-likeness (QED) is 0.212. The summed E-state index contributed by atoms with van der Waals surface area (Å²) in [6.07, 6.45) is 8.13. The van der Waals surface area contributed by atoms with Gasteiger partial charge < -0.3 is 25.0 Å². The first kappa shape index (κ1) is 39.1. The maximum atomic E-state index is 14.7. The van der Waals surface area contributed by atoms with Crippen LogP contribution >= 0.6 is 11.3 Å². The largest absolute Gasteiger partial charge is 0.497 e. The molecule has 1 saturated heterocycles. The number of rotatable bonds is 13. The Bertz CT molecular complexity index is 2130. The Kier molecular flexibility index (Phi) is 10.6. The summed E-state index contributed by atoms with van der Waals surface area (Å²) in [5.41, 5.74) is -0.610. The smallest absolute Gasteiger partial charge is 0.408 e. The van der Waals surface area contributed by atoms with Crippen LogP contribution in [0.3, 0.4) is 0 Å². The normalized spacial score (nSPS) is 24.0. The fourth-order valence-corrected chi connectivity index (χ4v) is 9.20. The standard InChI is InChI=1S/C38H46N8O8S2/c1-6-23-20-38(23,35(49)44-56(51,52)27-15-16-27)41-32(47)28-19-24(21-45(28)34(48)31(37(2,3)4)40-36(50)54-26-9-7-8-10-26)46-42-29(22-11-13-25(53-5)14-12-22)30(43-46)33-39-17-18-55-33/h6-8,11-14,17-18,23-24,26-28,31H,1,9-10,15-16,19-21H2,2-5H3,(H,40,50)(H,41,47)(H,44,49)/t23-,24-,28+,31+,38+/m1/s1. The lowest BCUT2D eigenvalue weighted by molar-refractivity contribution is -0.142. The maximum absolute atomic E-state index is 14.7. The zero-order chi connectivity index (χ0) is 40.0. The van der Waals surface area contributed by atoms with E-state index < -0.39 is 74.1 Å². The van der Waals surface area contributed by atoms with Crippen LogP contribution in [-0.2, 0) is 29.1 Å². The first-order valence-corrected chi connectivity index (χ1v) is 21.0. The van der Waals surface area contributed by atoms with Gasteiger partial charge in [-0.15, -0.1) is 23.0 Å². The number of hydrogen-bond acceptors (Lipinski definition) is 12. The van der Waals surface area contributed by atoms with Gasteiger partial charge in [-0.05, 0) is 48.9 Å². The minimum absolute atomic E-state index is 0.0268. The number of methoxy groups -OCH3 is 1. The van der Waals surface area contributed by atoms with Crippen LogP contribution in [0.2, 0.25) is 0 Å². The highest BCUT2D eigenvalue weighted by atomic mass is 32.2. The van der Waals surface area contributed by atoms with Crippen LogP contribution in [0, 0.1) is 11.3 Å². The van der Waals surface area contributed by atoms with Gasteiger partial charge >= 0.3 is 6.09 Å². The van der Waals surface area contributed by atoms with E-state index in [1.165, 1.54) is 27.1 Å². The summed E-state index contributed by atoms with van der Waals surface area (Å²) in [6.45, 7) is 9.15. The molecule has 16 nitrogen and oxygen atoms in total. The minimum Gasteiger partial charge on any atom is -0.497 e. The number of aromatic nitrogens is 4. The summed E-state index contributed by atoms with van der Waals surface area (Å²) in [5.74, 6) is -1.94. The molecular formula is C38H46N8O8S2. The van der Waals surface area contributed by atoms with Crippen molar-refractivity contribution in [1.29, 1.82) is 0 Å². The molecule has 1 aliphatic heterocycles. The molecule has 0 unspecified atom stereocenters. The van der Waals surface area contributed by atoms with E-state index in [0.29, 0.717) is 47.8 Å². The van der Waals surface area contributed by atoms with Crippen LogP contribution in [0.25, 0.3) is 22.0 Å². The van der Waals surface area contributed by atoms with Gasteiger partial charge in [-0.2, -0.15) is 9.90 Å². The molecule has 3 N–H and O–H groups in total. The van der Waals surface area contributed by atoms with Crippen molar-refractivity contribution in [2.45, 2.75) is 94.3 Å². The number of hydrogen-bond donors (Lipinski definition) is 3. The van der Waals surface area contributed by atoms with Gasteiger partial charge in [0.05, 0.1) is 18.4 Å². The van der Waals surface area contributed by atoms with Crippen molar-refractivity contribution < 1.29 is 37.1 Å². The van der Waals surface area contributed by atoms with E-state index >= 15 is 0 Å². The molecule has 3 heterocycles. The van der Waals surface area contributed by atoms with Crippen molar-refractivity contribution in [2.24, 2.45) is 11.3 Å². The molecule has 0 spiro atoms. The van der Waals surface area contributed by atoms with Gasteiger partial charge in [-0.25, -0.2) is 18.2 Å². The third-order valence-electron chi connectivity index (χ3n) is 10.7. The number of amides is 4. The summed E-state index contributed by atoms with van der Waals surface area (Å²) >= 11 is 1.39. The topological polar surface area (TPSA) is 204 Å². The van der Waals surface area contributed by atoms with Crippen LogP contribution in [0.4, 0.5) is 4.79 Å². The van der Waals surface area contributed by atoms with Gasteiger partial charge in [0.1, 0.15) is 45.9 Å². The second-order valence-corrected chi connectivity index (χ2v) is 18.6. The van der Waals surface area contributed by atoms with Gasteiger partial charge in [0, 0.05) is 48.9 Å². The Morgan fingerprint density at radius 1 is 1.07 bits per heavy atom. The molecule has 298 valence electrons. The number of alkyl carbamates (subject to hydrolysis) is 1.